The van der Waals surface area contributed by atoms with Gasteiger partial charge in [-0.1, -0.05) is 48.5 Å². The van der Waals surface area contributed by atoms with Gasteiger partial charge in [0.05, 0.1) is 12.0 Å². The molecule has 0 radical (unpaired) electrons. The second-order valence-electron chi connectivity index (χ2n) is 7.83. The Hall–Kier alpha value is -3.89. The number of alkyl halides is 3. The van der Waals surface area contributed by atoms with Crippen LogP contribution in [0.1, 0.15) is 23.1 Å². The van der Waals surface area contributed by atoms with E-state index in [1.54, 1.807) is 24.3 Å². The van der Waals surface area contributed by atoms with E-state index in [1.807, 2.05) is 6.07 Å². The molecule has 0 bridgehead atoms. The number of halogens is 3. The summed E-state index contributed by atoms with van der Waals surface area (Å²) in [6.45, 7) is 0. The smallest absolute Gasteiger partial charge is 0.416 e. The average molecular weight is 477 g/mol. The first-order valence-electron chi connectivity index (χ1n) is 10.4. The molecule has 2 aromatic carbocycles. The number of amides is 3. The molecule has 3 amide bonds. The van der Waals surface area contributed by atoms with Gasteiger partial charge in [-0.3, -0.25) is 14.4 Å². The van der Waals surface area contributed by atoms with E-state index in [4.69, 9.17) is 0 Å². The van der Waals surface area contributed by atoms with Crippen LogP contribution in [-0.4, -0.2) is 46.9 Å². The van der Waals surface area contributed by atoms with Crippen LogP contribution < -0.4 is 16.0 Å². The monoisotopic (exact) mass is 477 g/mol. The first-order chi connectivity index (χ1) is 16.0. The third-order valence-corrected chi connectivity index (χ3v) is 5.32. The molecule has 1 heterocycles. The number of aliphatic carboxylic acids is 1. The van der Waals surface area contributed by atoms with Gasteiger partial charge in [-0.15, -0.1) is 0 Å². The van der Waals surface area contributed by atoms with Crippen LogP contribution in [0.5, 0.6) is 0 Å². The zero-order valence-electron chi connectivity index (χ0n) is 17.8. The van der Waals surface area contributed by atoms with Gasteiger partial charge in [0, 0.05) is 12.8 Å². The predicted octanol–water partition coefficient (Wildman–Crippen LogP) is 1.43. The van der Waals surface area contributed by atoms with Crippen LogP contribution in [0.4, 0.5) is 13.2 Å². The third kappa shape index (κ3) is 6.33. The molecule has 0 unspecified atom stereocenters. The number of carbonyl (C=O) groups excluding carboxylic acids is 3. The Morgan fingerprint density at radius 1 is 0.941 bits per heavy atom. The Balaban J connectivity index is 1.61. The molecule has 0 aromatic heterocycles. The van der Waals surface area contributed by atoms with Crippen molar-refractivity contribution in [2.24, 2.45) is 0 Å². The predicted molar refractivity (Wildman–Crippen MR) is 113 cm³/mol. The molecule has 1 aliphatic rings. The Bertz CT molecular complexity index is 1080. The van der Waals surface area contributed by atoms with Crippen LogP contribution in [0.25, 0.3) is 0 Å². The van der Waals surface area contributed by atoms with Gasteiger partial charge < -0.3 is 21.1 Å². The van der Waals surface area contributed by atoms with Crippen molar-refractivity contribution in [1.29, 1.82) is 0 Å². The number of piperazine rings is 1. The maximum absolute atomic E-state index is 13.2. The molecular formula is C23H22F3N3O5. The van der Waals surface area contributed by atoms with Crippen molar-refractivity contribution in [1.82, 2.24) is 16.0 Å². The summed E-state index contributed by atoms with van der Waals surface area (Å²) in [6.07, 6.45) is -5.62. The quantitative estimate of drug-likeness (QED) is 0.458. The molecule has 0 aliphatic carbocycles. The molecule has 1 fully saturated rings. The number of nitrogens with one attached hydrogen (secondary N) is 3. The summed E-state index contributed by atoms with van der Waals surface area (Å²) >= 11 is 0. The molecule has 2 aromatic rings. The number of carboxylic acid groups (broad SMARTS) is 1. The highest BCUT2D eigenvalue weighted by atomic mass is 19.4. The first-order valence-corrected chi connectivity index (χ1v) is 10.4. The van der Waals surface area contributed by atoms with Crippen LogP contribution in [0.15, 0.2) is 54.6 Å². The number of hydrogen-bond acceptors (Lipinski definition) is 4. The van der Waals surface area contributed by atoms with Crippen molar-refractivity contribution in [2.75, 3.05) is 0 Å². The van der Waals surface area contributed by atoms with Crippen LogP contribution in [0, 0.1) is 0 Å². The van der Waals surface area contributed by atoms with Gasteiger partial charge >= 0.3 is 12.1 Å². The summed E-state index contributed by atoms with van der Waals surface area (Å²) in [5, 5.41) is 16.5. The van der Waals surface area contributed by atoms with E-state index >= 15 is 0 Å². The normalized spacial score (nSPS) is 19.0. The van der Waals surface area contributed by atoms with Gasteiger partial charge in [-0.2, -0.15) is 13.2 Å². The standard InChI is InChI=1S/C23H22F3N3O5/c24-23(25,26)15-9-5-4-8-14(15)11-18(22(33)34)27-19(30)12-17-21(32)28-16(20(31)29-17)10-13-6-2-1-3-7-13/h1-9,16-18H,10-12H2,(H,27,30)(H,28,32)(H,29,31)(H,33,34)/t16-,17-,18-/m0/s1. The van der Waals surface area contributed by atoms with Gasteiger partial charge in [-0.05, 0) is 17.2 Å². The van der Waals surface area contributed by atoms with Crippen LogP contribution in [0.2, 0.25) is 0 Å². The Kier molecular flexibility index (Phi) is 7.54. The molecule has 1 aliphatic heterocycles. The minimum Gasteiger partial charge on any atom is -0.480 e. The fourth-order valence-corrected chi connectivity index (χ4v) is 3.65. The molecule has 4 N–H and O–H groups in total. The molecular weight excluding hydrogens is 455 g/mol. The molecule has 180 valence electrons. The number of carbonyl (C=O) groups is 4. The summed E-state index contributed by atoms with van der Waals surface area (Å²) in [6, 6.07) is 9.70. The number of benzene rings is 2. The Morgan fingerprint density at radius 3 is 2.18 bits per heavy atom. The third-order valence-electron chi connectivity index (χ3n) is 5.32. The second kappa shape index (κ2) is 10.4. The lowest BCUT2D eigenvalue weighted by Gasteiger charge is -2.29. The van der Waals surface area contributed by atoms with Gasteiger partial charge in [0.2, 0.25) is 17.7 Å². The summed E-state index contributed by atoms with van der Waals surface area (Å²) in [5.74, 6) is -3.57. The fraction of sp³-hybridized carbons (Fsp3) is 0.304. The van der Waals surface area contributed by atoms with E-state index in [9.17, 15) is 37.5 Å². The average Bonchev–Trinajstić information content (AvgIpc) is 2.77. The molecule has 3 atom stereocenters. The zero-order valence-corrected chi connectivity index (χ0v) is 17.8. The van der Waals surface area contributed by atoms with Gasteiger partial charge in [-0.25, -0.2) is 4.79 Å². The largest absolute Gasteiger partial charge is 0.480 e. The van der Waals surface area contributed by atoms with Crippen molar-refractivity contribution >= 4 is 23.7 Å². The minimum absolute atomic E-state index is 0.247. The molecule has 8 nitrogen and oxygen atoms in total. The summed E-state index contributed by atoms with van der Waals surface area (Å²) in [4.78, 5) is 48.8. The Labute approximate surface area is 192 Å². The summed E-state index contributed by atoms with van der Waals surface area (Å²) in [7, 11) is 0. The molecule has 0 spiro atoms. The lowest BCUT2D eigenvalue weighted by Crippen LogP contribution is -2.63. The van der Waals surface area contributed by atoms with Gasteiger partial charge in [0.1, 0.15) is 18.1 Å². The van der Waals surface area contributed by atoms with Crippen molar-refractivity contribution < 1.29 is 37.5 Å². The van der Waals surface area contributed by atoms with Gasteiger partial charge in [0.25, 0.3) is 0 Å². The lowest BCUT2D eigenvalue weighted by molar-refractivity contribution is -0.143. The molecule has 1 saturated heterocycles. The van der Waals surface area contributed by atoms with Crippen molar-refractivity contribution in [3.8, 4) is 0 Å². The SMILES string of the molecule is O=C(C[C@@H]1NC(=O)[C@H](Cc2ccccc2)NC1=O)N[C@@H](Cc1ccccc1C(F)(F)F)C(=O)O. The highest BCUT2D eigenvalue weighted by Gasteiger charge is 2.37. The van der Waals surface area contributed by atoms with Gasteiger partial charge in [0.15, 0.2) is 0 Å². The topological polar surface area (TPSA) is 125 Å². The zero-order chi connectivity index (χ0) is 24.9. The summed E-state index contributed by atoms with van der Waals surface area (Å²) < 4.78 is 39.6. The maximum atomic E-state index is 13.2. The van der Waals surface area contributed by atoms with Crippen LogP contribution in [0.3, 0.4) is 0 Å². The fourth-order valence-electron chi connectivity index (χ4n) is 3.65. The van der Waals surface area contributed by atoms with Crippen LogP contribution in [-0.2, 0) is 38.2 Å². The van der Waals surface area contributed by atoms with Crippen LogP contribution >= 0.6 is 0 Å². The number of carboxylic acids is 1. The molecule has 11 heteroatoms. The van der Waals surface area contributed by atoms with E-state index in [-0.39, 0.29) is 12.0 Å². The second-order valence-corrected chi connectivity index (χ2v) is 7.83. The minimum atomic E-state index is -4.69. The number of hydrogen-bond donors (Lipinski definition) is 4. The maximum Gasteiger partial charge on any atom is 0.416 e. The van der Waals surface area contributed by atoms with E-state index in [2.05, 4.69) is 16.0 Å². The summed E-state index contributed by atoms with van der Waals surface area (Å²) in [5.41, 5.74) is -0.475. The Morgan fingerprint density at radius 2 is 1.53 bits per heavy atom. The molecule has 3 rings (SSSR count). The molecule has 0 saturated carbocycles. The highest BCUT2D eigenvalue weighted by Crippen LogP contribution is 2.32. The number of rotatable bonds is 8. The highest BCUT2D eigenvalue weighted by molar-refractivity contribution is 5.99. The van der Waals surface area contributed by atoms with E-state index in [0.717, 1.165) is 17.7 Å². The van der Waals surface area contributed by atoms with E-state index in [1.165, 1.54) is 12.1 Å². The first kappa shape index (κ1) is 24.7. The van der Waals surface area contributed by atoms with Crippen molar-refractivity contribution in [3.05, 3.63) is 71.3 Å². The van der Waals surface area contributed by atoms with E-state index in [0.29, 0.717) is 0 Å². The van der Waals surface area contributed by atoms with Crippen molar-refractivity contribution in [2.45, 2.75) is 43.6 Å². The molecule has 34 heavy (non-hydrogen) atoms. The van der Waals surface area contributed by atoms with E-state index < -0.39 is 66.4 Å². The van der Waals surface area contributed by atoms with Crippen molar-refractivity contribution in [3.63, 3.8) is 0 Å². The lowest BCUT2D eigenvalue weighted by atomic mass is 9.99.